The summed E-state index contributed by atoms with van der Waals surface area (Å²) in [7, 11) is 1.67. The normalized spacial score (nSPS) is 18.2. The minimum Gasteiger partial charge on any atom is -0.497 e. The number of hydrogen-bond acceptors (Lipinski definition) is 4. The summed E-state index contributed by atoms with van der Waals surface area (Å²) in [6.07, 6.45) is 0. The maximum absolute atomic E-state index is 6.09. The second-order valence-electron chi connectivity index (χ2n) is 6.50. The lowest BCUT2D eigenvalue weighted by atomic mass is 10.0. The molecular weight excluding hydrogens is 250 g/mol. The molecule has 0 saturated carbocycles. The molecule has 0 unspecified atom stereocenters. The molecule has 1 fully saturated rings. The van der Waals surface area contributed by atoms with Crippen LogP contribution in [0.25, 0.3) is 0 Å². The average molecular weight is 277 g/mol. The number of benzene rings is 1. The highest BCUT2D eigenvalue weighted by molar-refractivity contribution is 5.51. The summed E-state index contributed by atoms with van der Waals surface area (Å²) in [5, 5.41) is 0. The molecule has 0 amide bonds. The highest BCUT2D eigenvalue weighted by Gasteiger charge is 2.25. The van der Waals surface area contributed by atoms with Gasteiger partial charge in [-0.2, -0.15) is 0 Å². The number of ether oxygens (including phenoxy) is 1. The van der Waals surface area contributed by atoms with Crippen molar-refractivity contribution in [2.45, 2.75) is 32.9 Å². The molecular formula is C16H27N3O. The van der Waals surface area contributed by atoms with Gasteiger partial charge < -0.3 is 10.5 Å². The van der Waals surface area contributed by atoms with E-state index >= 15 is 0 Å². The number of nitrogens with zero attached hydrogens (tertiary/aromatic N) is 2. The summed E-state index contributed by atoms with van der Waals surface area (Å²) in [5.41, 5.74) is 8.37. The Balaban J connectivity index is 1.93. The number of nitrogens with two attached hydrogens (primary N) is 1. The van der Waals surface area contributed by atoms with Crippen molar-refractivity contribution in [2.24, 2.45) is 0 Å². The summed E-state index contributed by atoms with van der Waals surface area (Å²) < 4.78 is 5.19. The van der Waals surface area contributed by atoms with Crippen LogP contribution in [0.1, 0.15) is 26.3 Å². The first kappa shape index (κ1) is 15.1. The Morgan fingerprint density at radius 2 is 1.80 bits per heavy atom. The Labute approximate surface area is 122 Å². The Morgan fingerprint density at radius 3 is 2.30 bits per heavy atom. The van der Waals surface area contributed by atoms with Crippen LogP contribution in [0, 0.1) is 0 Å². The first-order chi connectivity index (χ1) is 9.40. The van der Waals surface area contributed by atoms with E-state index in [-0.39, 0.29) is 5.54 Å². The van der Waals surface area contributed by atoms with E-state index < -0.39 is 0 Å². The zero-order chi connectivity index (χ0) is 14.8. The molecule has 1 saturated heterocycles. The van der Waals surface area contributed by atoms with E-state index in [1.54, 1.807) is 7.11 Å². The first-order valence-electron chi connectivity index (χ1n) is 7.30. The topological polar surface area (TPSA) is 41.7 Å². The summed E-state index contributed by atoms with van der Waals surface area (Å²) >= 11 is 0. The molecule has 0 aliphatic carbocycles. The lowest BCUT2D eigenvalue weighted by Crippen LogP contribution is -2.53. The van der Waals surface area contributed by atoms with Gasteiger partial charge in [0.2, 0.25) is 0 Å². The number of nitrogen functional groups attached to an aromatic ring is 1. The van der Waals surface area contributed by atoms with Gasteiger partial charge in [0.1, 0.15) is 5.75 Å². The minimum absolute atomic E-state index is 0.269. The van der Waals surface area contributed by atoms with Crippen LogP contribution in [0.15, 0.2) is 18.2 Å². The van der Waals surface area contributed by atoms with Gasteiger partial charge in [0, 0.05) is 50.0 Å². The van der Waals surface area contributed by atoms with Crippen molar-refractivity contribution in [1.29, 1.82) is 0 Å². The van der Waals surface area contributed by atoms with Crippen molar-refractivity contribution in [3.63, 3.8) is 0 Å². The summed E-state index contributed by atoms with van der Waals surface area (Å²) in [4.78, 5) is 5.02. The standard InChI is InChI=1S/C16H27N3O/c1-16(2,3)19-9-7-18(8-10-19)12-13-5-6-14(20-4)11-15(13)17/h5-6,11H,7-10,12,17H2,1-4H3. The van der Waals surface area contributed by atoms with Crippen LogP contribution in [0.3, 0.4) is 0 Å². The van der Waals surface area contributed by atoms with Crippen LogP contribution < -0.4 is 10.5 Å². The molecule has 0 bridgehead atoms. The van der Waals surface area contributed by atoms with Crippen LogP contribution in [0.5, 0.6) is 5.75 Å². The van der Waals surface area contributed by atoms with E-state index in [1.807, 2.05) is 12.1 Å². The van der Waals surface area contributed by atoms with Crippen molar-refractivity contribution >= 4 is 5.69 Å². The molecule has 112 valence electrons. The highest BCUT2D eigenvalue weighted by Crippen LogP contribution is 2.22. The fourth-order valence-electron chi connectivity index (χ4n) is 2.66. The molecule has 1 aliphatic heterocycles. The smallest absolute Gasteiger partial charge is 0.120 e. The molecule has 0 aromatic heterocycles. The van der Waals surface area contributed by atoms with E-state index in [4.69, 9.17) is 10.5 Å². The molecule has 2 rings (SSSR count). The molecule has 1 heterocycles. The fraction of sp³-hybridized carbons (Fsp3) is 0.625. The van der Waals surface area contributed by atoms with Gasteiger partial charge in [-0.1, -0.05) is 6.07 Å². The predicted molar refractivity (Wildman–Crippen MR) is 84.0 cm³/mol. The number of anilines is 1. The summed E-state index contributed by atoms with van der Waals surface area (Å²) in [6.45, 7) is 12.2. The van der Waals surface area contributed by atoms with Gasteiger partial charge in [0.15, 0.2) is 0 Å². The zero-order valence-corrected chi connectivity index (χ0v) is 13.1. The Hall–Kier alpha value is -1.26. The first-order valence-corrected chi connectivity index (χ1v) is 7.30. The minimum atomic E-state index is 0.269. The SMILES string of the molecule is COc1ccc(CN2CCN(C(C)(C)C)CC2)c(N)c1. The van der Waals surface area contributed by atoms with Gasteiger partial charge in [0.05, 0.1) is 7.11 Å². The molecule has 1 aliphatic rings. The van der Waals surface area contributed by atoms with Gasteiger partial charge in [-0.05, 0) is 32.4 Å². The maximum Gasteiger partial charge on any atom is 0.120 e. The number of methoxy groups -OCH3 is 1. The lowest BCUT2D eigenvalue weighted by Gasteiger charge is -2.42. The molecule has 4 nitrogen and oxygen atoms in total. The van der Waals surface area contributed by atoms with Gasteiger partial charge in [0.25, 0.3) is 0 Å². The van der Waals surface area contributed by atoms with E-state index in [2.05, 4.69) is 36.6 Å². The van der Waals surface area contributed by atoms with Crippen LogP contribution in [-0.4, -0.2) is 48.6 Å². The number of piperazine rings is 1. The van der Waals surface area contributed by atoms with Crippen LogP contribution in [-0.2, 0) is 6.54 Å². The van der Waals surface area contributed by atoms with Crippen molar-refractivity contribution in [1.82, 2.24) is 9.80 Å². The van der Waals surface area contributed by atoms with Gasteiger partial charge in [-0.25, -0.2) is 0 Å². The number of hydrogen-bond donors (Lipinski definition) is 1. The van der Waals surface area contributed by atoms with E-state index in [0.29, 0.717) is 0 Å². The molecule has 1 aromatic rings. The van der Waals surface area contributed by atoms with Gasteiger partial charge in [-0.15, -0.1) is 0 Å². The van der Waals surface area contributed by atoms with Gasteiger partial charge >= 0.3 is 0 Å². The van der Waals surface area contributed by atoms with Crippen molar-refractivity contribution < 1.29 is 4.74 Å². The second kappa shape index (κ2) is 6.02. The molecule has 0 radical (unpaired) electrons. The molecule has 2 N–H and O–H groups in total. The maximum atomic E-state index is 6.09. The van der Waals surface area contributed by atoms with E-state index in [0.717, 1.165) is 44.2 Å². The highest BCUT2D eigenvalue weighted by atomic mass is 16.5. The quantitative estimate of drug-likeness (QED) is 0.860. The number of rotatable bonds is 3. The Morgan fingerprint density at radius 1 is 1.15 bits per heavy atom. The van der Waals surface area contributed by atoms with Crippen molar-refractivity contribution in [2.75, 3.05) is 39.0 Å². The Kier molecular flexibility index (Phi) is 4.55. The molecule has 0 spiro atoms. The van der Waals surface area contributed by atoms with E-state index in [9.17, 15) is 0 Å². The lowest BCUT2D eigenvalue weighted by molar-refractivity contribution is 0.0592. The largest absolute Gasteiger partial charge is 0.497 e. The predicted octanol–water partition coefficient (Wildman–Crippen LogP) is 2.19. The van der Waals surface area contributed by atoms with Crippen LogP contribution in [0.4, 0.5) is 5.69 Å². The Bertz CT molecular complexity index is 446. The molecule has 20 heavy (non-hydrogen) atoms. The fourth-order valence-corrected chi connectivity index (χ4v) is 2.66. The summed E-state index contributed by atoms with van der Waals surface area (Å²) in [5.74, 6) is 0.823. The zero-order valence-electron chi connectivity index (χ0n) is 13.1. The molecule has 0 atom stereocenters. The van der Waals surface area contributed by atoms with Crippen molar-refractivity contribution in [3.05, 3.63) is 23.8 Å². The third-order valence-electron chi connectivity index (χ3n) is 4.07. The average Bonchev–Trinajstić information content (AvgIpc) is 2.40. The second-order valence-corrected chi connectivity index (χ2v) is 6.50. The monoisotopic (exact) mass is 277 g/mol. The van der Waals surface area contributed by atoms with Crippen LogP contribution >= 0.6 is 0 Å². The van der Waals surface area contributed by atoms with Crippen molar-refractivity contribution in [3.8, 4) is 5.75 Å². The third-order valence-corrected chi connectivity index (χ3v) is 4.07. The summed E-state index contributed by atoms with van der Waals surface area (Å²) in [6, 6.07) is 5.96. The van der Waals surface area contributed by atoms with Gasteiger partial charge in [-0.3, -0.25) is 9.80 Å². The third kappa shape index (κ3) is 3.64. The molecule has 4 heteroatoms. The molecule has 1 aromatic carbocycles. The van der Waals surface area contributed by atoms with Crippen LogP contribution in [0.2, 0.25) is 0 Å². The van der Waals surface area contributed by atoms with E-state index in [1.165, 1.54) is 5.56 Å².